The van der Waals surface area contributed by atoms with Gasteiger partial charge in [0.15, 0.2) is 0 Å². The third-order valence-electron chi connectivity index (χ3n) is 6.01. The molecule has 1 heterocycles. The quantitative estimate of drug-likeness (QED) is 0.445. The van der Waals surface area contributed by atoms with E-state index in [-0.39, 0.29) is 10.6 Å². The molecular formula is C23H32N4O4S. The van der Waals surface area contributed by atoms with Crippen LogP contribution in [0.3, 0.4) is 0 Å². The van der Waals surface area contributed by atoms with E-state index in [2.05, 4.69) is 37.2 Å². The average Bonchev–Trinajstić information content (AvgIpc) is 2.78. The largest absolute Gasteiger partial charge is 0.375 e. The third kappa shape index (κ3) is 5.65. The third-order valence-corrected chi connectivity index (χ3v) is 7.90. The number of hydrogen-bond acceptors (Lipinski definition) is 6. The SMILES string of the molecule is CC(C)N(C)Cc1ccccc1CNc1ccc(S(=O)(=O)N2CCCCC2)cc1[N+](=O)[O-]. The van der Waals surface area contributed by atoms with Gasteiger partial charge < -0.3 is 5.32 Å². The minimum absolute atomic E-state index is 0.0318. The molecule has 3 rings (SSSR count). The van der Waals surface area contributed by atoms with Crippen molar-refractivity contribution in [2.75, 3.05) is 25.5 Å². The summed E-state index contributed by atoms with van der Waals surface area (Å²) in [6.45, 7) is 6.34. The number of hydrogen-bond donors (Lipinski definition) is 1. The van der Waals surface area contributed by atoms with Crippen LogP contribution in [-0.2, 0) is 23.1 Å². The van der Waals surface area contributed by atoms with E-state index < -0.39 is 14.9 Å². The maximum Gasteiger partial charge on any atom is 0.293 e. The molecule has 1 fully saturated rings. The van der Waals surface area contributed by atoms with Crippen molar-refractivity contribution < 1.29 is 13.3 Å². The summed E-state index contributed by atoms with van der Waals surface area (Å²) in [6.07, 6.45) is 2.63. The molecule has 0 saturated carbocycles. The van der Waals surface area contributed by atoms with Crippen molar-refractivity contribution in [3.8, 4) is 0 Å². The van der Waals surface area contributed by atoms with Gasteiger partial charge in [0.05, 0.1) is 9.82 Å². The molecule has 2 aromatic carbocycles. The standard InChI is InChI=1S/C23H32N4O4S/c1-18(2)25(3)17-20-10-6-5-9-19(20)16-24-22-12-11-21(15-23(22)27(28)29)32(30,31)26-13-7-4-8-14-26/h5-6,9-12,15,18,24H,4,7-8,13-14,16-17H2,1-3H3. The Labute approximate surface area is 190 Å². The Balaban J connectivity index is 1.82. The molecule has 9 heteroatoms. The van der Waals surface area contributed by atoms with E-state index >= 15 is 0 Å². The van der Waals surface area contributed by atoms with Gasteiger partial charge in [-0.2, -0.15) is 4.31 Å². The number of piperidine rings is 1. The van der Waals surface area contributed by atoms with Crippen molar-refractivity contribution in [3.05, 3.63) is 63.7 Å². The molecule has 2 aromatic rings. The molecule has 1 saturated heterocycles. The van der Waals surface area contributed by atoms with Gasteiger partial charge in [0.25, 0.3) is 5.69 Å². The predicted octanol–water partition coefficient (Wildman–Crippen LogP) is 4.22. The second kappa shape index (κ2) is 10.4. The number of sulfonamides is 1. The lowest BCUT2D eigenvalue weighted by atomic mass is 10.1. The van der Waals surface area contributed by atoms with Crippen LogP contribution >= 0.6 is 0 Å². The second-order valence-corrected chi connectivity index (χ2v) is 10.5. The Morgan fingerprint density at radius 2 is 1.75 bits per heavy atom. The Kier molecular flexibility index (Phi) is 7.86. The van der Waals surface area contributed by atoms with Crippen molar-refractivity contribution in [3.63, 3.8) is 0 Å². The highest BCUT2D eigenvalue weighted by atomic mass is 32.2. The molecule has 0 spiro atoms. The van der Waals surface area contributed by atoms with Crippen molar-refractivity contribution >= 4 is 21.4 Å². The monoisotopic (exact) mass is 460 g/mol. The number of nitrogens with zero attached hydrogens (tertiary/aromatic N) is 3. The van der Waals surface area contributed by atoms with Gasteiger partial charge in [-0.25, -0.2) is 8.42 Å². The molecule has 0 aromatic heterocycles. The first-order valence-electron chi connectivity index (χ1n) is 11.0. The summed E-state index contributed by atoms with van der Waals surface area (Å²) in [7, 11) is -1.68. The molecule has 8 nitrogen and oxygen atoms in total. The zero-order chi connectivity index (χ0) is 23.3. The van der Waals surface area contributed by atoms with Crippen LogP contribution in [0.25, 0.3) is 0 Å². The number of benzene rings is 2. The molecule has 0 amide bonds. The van der Waals surface area contributed by atoms with E-state index in [0.29, 0.717) is 31.4 Å². The van der Waals surface area contributed by atoms with E-state index in [1.54, 1.807) is 0 Å². The van der Waals surface area contributed by atoms with E-state index in [1.807, 2.05) is 18.2 Å². The van der Waals surface area contributed by atoms with E-state index in [4.69, 9.17) is 0 Å². The molecule has 0 aliphatic carbocycles. The van der Waals surface area contributed by atoms with Crippen molar-refractivity contribution in [2.45, 2.75) is 57.1 Å². The van der Waals surface area contributed by atoms with E-state index in [1.165, 1.54) is 22.5 Å². The molecule has 32 heavy (non-hydrogen) atoms. The molecule has 1 N–H and O–H groups in total. The Bertz CT molecular complexity index is 1050. The molecule has 0 atom stereocenters. The van der Waals surface area contributed by atoms with Crippen LogP contribution in [0.2, 0.25) is 0 Å². The van der Waals surface area contributed by atoms with Crippen molar-refractivity contribution in [1.29, 1.82) is 0 Å². The predicted molar refractivity (Wildman–Crippen MR) is 126 cm³/mol. The van der Waals surface area contributed by atoms with Crippen LogP contribution in [0, 0.1) is 10.1 Å². The number of rotatable bonds is 9. The highest BCUT2D eigenvalue weighted by Gasteiger charge is 2.28. The van der Waals surface area contributed by atoms with Gasteiger partial charge in [-0.05, 0) is 57.0 Å². The fraction of sp³-hybridized carbons (Fsp3) is 0.478. The van der Waals surface area contributed by atoms with Crippen molar-refractivity contribution in [2.24, 2.45) is 0 Å². The summed E-state index contributed by atoms with van der Waals surface area (Å²) in [5.41, 5.74) is 2.25. The van der Waals surface area contributed by atoms with Gasteiger partial charge in [0, 0.05) is 38.3 Å². The fourth-order valence-electron chi connectivity index (χ4n) is 3.75. The lowest BCUT2D eigenvalue weighted by molar-refractivity contribution is -0.384. The van der Waals surface area contributed by atoms with Gasteiger partial charge in [0.2, 0.25) is 10.0 Å². The number of nitrogens with one attached hydrogen (secondary N) is 1. The van der Waals surface area contributed by atoms with Crippen molar-refractivity contribution in [1.82, 2.24) is 9.21 Å². The minimum atomic E-state index is -3.73. The summed E-state index contributed by atoms with van der Waals surface area (Å²) in [5.74, 6) is 0. The topological polar surface area (TPSA) is 95.8 Å². The maximum atomic E-state index is 12.9. The summed E-state index contributed by atoms with van der Waals surface area (Å²) >= 11 is 0. The van der Waals surface area contributed by atoms with Crippen LogP contribution in [0.15, 0.2) is 47.4 Å². The highest BCUT2D eigenvalue weighted by Crippen LogP contribution is 2.30. The van der Waals surface area contributed by atoms with Crippen LogP contribution in [0.5, 0.6) is 0 Å². The number of anilines is 1. The Morgan fingerprint density at radius 1 is 1.09 bits per heavy atom. The molecule has 0 radical (unpaired) electrons. The van der Waals surface area contributed by atoms with E-state index in [9.17, 15) is 18.5 Å². The average molecular weight is 461 g/mol. The lowest BCUT2D eigenvalue weighted by Crippen LogP contribution is -2.35. The van der Waals surface area contributed by atoms with Crippen LogP contribution in [-0.4, -0.2) is 48.7 Å². The maximum absolute atomic E-state index is 12.9. The summed E-state index contributed by atoms with van der Waals surface area (Å²) in [4.78, 5) is 13.4. The van der Waals surface area contributed by atoms with Gasteiger partial charge in [-0.3, -0.25) is 15.0 Å². The number of nitro benzene ring substituents is 1. The minimum Gasteiger partial charge on any atom is -0.375 e. The summed E-state index contributed by atoms with van der Waals surface area (Å²) < 4.78 is 27.3. The molecule has 0 bridgehead atoms. The van der Waals surface area contributed by atoms with Crippen LogP contribution < -0.4 is 5.32 Å². The second-order valence-electron chi connectivity index (χ2n) is 8.53. The molecule has 174 valence electrons. The van der Waals surface area contributed by atoms with Gasteiger partial charge in [-0.1, -0.05) is 30.7 Å². The van der Waals surface area contributed by atoms with Gasteiger partial charge in [0.1, 0.15) is 5.69 Å². The first-order valence-corrected chi connectivity index (χ1v) is 12.4. The fourth-order valence-corrected chi connectivity index (χ4v) is 5.29. The summed E-state index contributed by atoms with van der Waals surface area (Å²) in [5, 5.41) is 14.9. The molecular weight excluding hydrogens is 428 g/mol. The first-order chi connectivity index (χ1) is 15.2. The smallest absolute Gasteiger partial charge is 0.293 e. The summed E-state index contributed by atoms with van der Waals surface area (Å²) in [6, 6.07) is 12.5. The number of nitro groups is 1. The van der Waals surface area contributed by atoms with Gasteiger partial charge >= 0.3 is 0 Å². The van der Waals surface area contributed by atoms with Crippen LogP contribution in [0.4, 0.5) is 11.4 Å². The first kappa shape index (κ1) is 24.2. The highest BCUT2D eigenvalue weighted by molar-refractivity contribution is 7.89. The van der Waals surface area contributed by atoms with E-state index in [0.717, 1.165) is 36.9 Å². The molecule has 1 aliphatic heterocycles. The Morgan fingerprint density at radius 3 is 2.38 bits per heavy atom. The normalized spacial score (nSPS) is 15.3. The Hall–Kier alpha value is -2.49. The lowest BCUT2D eigenvalue weighted by Gasteiger charge is -2.26. The zero-order valence-corrected chi connectivity index (χ0v) is 19.8. The zero-order valence-electron chi connectivity index (χ0n) is 19.0. The van der Waals surface area contributed by atoms with Crippen LogP contribution in [0.1, 0.15) is 44.2 Å². The molecule has 0 unspecified atom stereocenters. The molecule has 1 aliphatic rings. The van der Waals surface area contributed by atoms with Gasteiger partial charge in [-0.15, -0.1) is 0 Å².